The van der Waals surface area contributed by atoms with Crippen LogP contribution in [0.4, 0.5) is 4.39 Å². The van der Waals surface area contributed by atoms with Crippen LogP contribution < -0.4 is 5.32 Å². The van der Waals surface area contributed by atoms with E-state index in [4.69, 9.17) is 0 Å². The van der Waals surface area contributed by atoms with E-state index >= 15 is 0 Å². The Bertz CT molecular complexity index is 307. The van der Waals surface area contributed by atoms with Crippen molar-refractivity contribution in [2.24, 2.45) is 5.92 Å². The lowest BCUT2D eigenvalue weighted by Gasteiger charge is -2.13. The molecule has 1 N–H and O–H groups in total. The zero-order valence-electron chi connectivity index (χ0n) is 8.46. The van der Waals surface area contributed by atoms with Gasteiger partial charge in [-0.3, -0.25) is 0 Å². The van der Waals surface area contributed by atoms with Crippen LogP contribution in [0.5, 0.6) is 0 Å². The van der Waals surface area contributed by atoms with Crippen LogP contribution in [0, 0.1) is 11.7 Å². The molecule has 1 nitrogen and oxygen atoms in total. The third kappa shape index (κ3) is 2.55. The normalized spacial score (nSPS) is 18.1. The van der Waals surface area contributed by atoms with Crippen LogP contribution in [0.2, 0.25) is 0 Å². The van der Waals surface area contributed by atoms with Crippen LogP contribution in [0.3, 0.4) is 0 Å². The summed E-state index contributed by atoms with van der Waals surface area (Å²) in [5, 5.41) is 3.42. The number of benzene rings is 1. The van der Waals surface area contributed by atoms with Crippen molar-refractivity contribution >= 4 is 0 Å². The summed E-state index contributed by atoms with van der Waals surface area (Å²) in [6, 6.07) is 7.07. The summed E-state index contributed by atoms with van der Waals surface area (Å²) in [6.45, 7) is 3.15. The Morgan fingerprint density at radius 3 is 2.93 bits per heavy atom. The SMILES string of the molecule is CC(NCC1CC1)c1cccc(F)c1. The molecule has 0 aromatic heterocycles. The van der Waals surface area contributed by atoms with E-state index in [1.54, 1.807) is 12.1 Å². The number of hydrogen-bond acceptors (Lipinski definition) is 1. The van der Waals surface area contributed by atoms with Crippen molar-refractivity contribution in [3.63, 3.8) is 0 Å². The molecular weight excluding hydrogens is 177 g/mol. The Morgan fingerprint density at radius 1 is 1.50 bits per heavy atom. The first-order valence-corrected chi connectivity index (χ1v) is 5.24. The fourth-order valence-corrected chi connectivity index (χ4v) is 1.56. The molecule has 1 atom stereocenters. The molecule has 1 aliphatic rings. The lowest BCUT2D eigenvalue weighted by molar-refractivity contribution is 0.543. The molecule has 2 heteroatoms. The van der Waals surface area contributed by atoms with E-state index in [0.717, 1.165) is 18.0 Å². The minimum Gasteiger partial charge on any atom is -0.310 e. The van der Waals surface area contributed by atoms with Gasteiger partial charge in [0.15, 0.2) is 0 Å². The molecule has 0 amide bonds. The third-order valence-corrected chi connectivity index (χ3v) is 2.76. The molecule has 14 heavy (non-hydrogen) atoms. The van der Waals surface area contributed by atoms with E-state index in [-0.39, 0.29) is 11.9 Å². The molecule has 2 rings (SSSR count). The molecule has 0 aliphatic heterocycles. The van der Waals surface area contributed by atoms with E-state index in [2.05, 4.69) is 12.2 Å². The van der Waals surface area contributed by atoms with Gasteiger partial charge < -0.3 is 5.32 Å². The van der Waals surface area contributed by atoms with Crippen LogP contribution in [-0.4, -0.2) is 6.54 Å². The molecule has 0 spiro atoms. The topological polar surface area (TPSA) is 12.0 Å². The summed E-state index contributed by atoms with van der Waals surface area (Å²) in [4.78, 5) is 0. The van der Waals surface area contributed by atoms with Gasteiger partial charge in [0, 0.05) is 6.04 Å². The Balaban J connectivity index is 1.91. The number of halogens is 1. The molecule has 1 aliphatic carbocycles. The Labute approximate surface area is 84.3 Å². The second-order valence-electron chi connectivity index (χ2n) is 4.13. The van der Waals surface area contributed by atoms with Gasteiger partial charge in [0.05, 0.1) is 0 Å². The number of hydrogen-bond donors (Lipinski definition) is 1. The molecular formula is C12H16FN. The summed E-state index contributed by atoms with van der Waals surface area (Å²) < 4.78 is 12.9. The fraction of sp³-hybridized carbons (Fsp3) is 0.500. The highest BCUT2D eigenvalue weighted by molar-refractivity contribution is 5.19. The van der Waals surface area contributed by atoms with Crippen molar-refractivity contribution in [2.45, 2.75) is 25.8 Å². The first kappa shape index (κ1) is 9.66. The highest BCUT2D eigenvalue weighted by Crippen LogP contribution is 2.28. The van der Waals surface area contributed by atoms with Gasteiger partial charge in [0.2, 0.25) is 0 Å². The maximum atomic E-state index is 12.9. The van der Waals surface area contributed by atoms with Crippen molar-refractivity contribution in [1.29, 1.82) is 0 Å². The van der Waals surface area contributed by atoms with Crippen molar-refractivity contribution in [3.8, 4) is 0 Å². The highest BCUT2D eigenvalue weighted by atomic mass is 19.1. The van der Waals surface area contributed by atoms with E-state index in [1.165, 1.54) is 18.9 Å². The Hall–Kier alpha value is -0.890. The zero-order chi connectivity index (χ0) is 9.97. The molecule has 1 saturated carbocycles. The molecule has 1 aromatic rings. The molecule has 1 unspecified atom stereocenters. The summed E-state index contributed by atoms with van der Waals surface area (Å²) in [5.41, 5.74) is 1.03. The van der Waals surface area contributed by atoms with Crippen LogP contribution in [-0.2, 0) is 0 Å². The second kappa shape index (κ2) is 4.09. The summed E-state index contributed by atoms with van der Waals surface area (Å²) >= 11 is 0. The second-order valence-corrected chi connectivity index (χ2v) is 4.13. The van der Waals surface area contributed by atoms with Gasteiger partial charge in [-0.25, -0.2) is 4.39 Å². The summed E-state index contributed by atoms with van der Waals surface area (Å²) in [5.74, 6) is 0.716. The molecule has 0 radical (unpaired) electrons. The third-order valence-electron chi connectivity index (χ3n) is 2.76. The minimum absolute atomic E-state index is 0.150. The first-order chi connectivity index (χ1) is 6.75. The predicted molar refractivity (Wildman–Crippen MR) is 55.5 cm³/mol. The van der Waals surface area contributed by atoms with Crippen molar-refractivity contribution in [1.82, 2.24) is 5.32 Å². The largest absolute Gasteiger partial charge is 0.310 e. The van der Waals surface area contributed by atoms with E-state index < -0.39 is 0 Å². The Morgan fingerprint density at radius 2 is 2.29 bits per heavy atom. The van der Waals surface area contributed by atoms with Crippen molar-refractivity contribution < 1.29 is 4.39 Å². The quantitative estimate of drug-likeness (QED) is 0.775. The summed E-state index contributed by atoms with van der Waals surface area (Å²) in [7, 11) is 0. The van der Waals surface area contributed by atoms with E-state index in [0.29, 0.717) is 0 Å². The van der Waals surface area contributed by atoms with E-state index in [1.807, 2.05) is 6.07 Å². The fourth-order valence-electron chi connectivity index (χ4n) is 1.56. The van der Waals surface area contributed by atoms with Crippen LogP contribution in [0.15, 0.2) is 24.3 Å². The standard InChI is InChI=1S/C12H16FN/c1-9(14-8-10-5-6-10)11-3-2-4-12(13)7-11/h2-4,7,9-10,14H,5-6,8H2,1H3. The first-order valence-electron chi connectivity index (χ1n) is 5.24. The zero-order valence-corrected chi connectivity index (χ0v) is 8.46. The van der Waals surface area contributed by atoms with Gasteiger partial charge >= 0.3 is 0 Å². The van der Waals surface area contributed by atoms with Crippen LogP contribution in [0.1, 0.15) is 31.4 Å². The minimum atomic E-state index is -0.150. The van der Waals surface area contributed by atoms with Crippen molar-refractivity contribution in [2.75, 3.05) is 6.54 Å². The van der Waals surface area contributed by atoms with Gasteiger partial charge in [-0.15, -0.1) is 0 Å². The number of nitrogens with one attached hydrogen (secondary N) is 1. The highest BCUT2D eigenvalue weighted by Gasteiger charge is 2.21. The smallest absolute Gasteiger partial charge is 0.123 e. The van der Waals surface area contributed by atoms with Crippen LogP contribution >= 0.6 is 0 Å². The predicted octanol–water partition coefficient (Wildman–Crippen LogP) is 2.89. The molecule has 1 aromatic carbocycles. The molecule has 0 bridgehead atoms. The molecule has 0 saturated heterocycles. The number of rotatable bonds is 4. The molecule has 76 valence electrons. The lowest BCUT2D eigenvalue weighted by Crippen LogP contribution is -2.21. The lowest BCUT2D eigenvalue weighted by atomic mass is 10.1. The van der Waals surface area contributed by atoms with Crippen LogP contribution in [0.25, 0.3) is 0 Å². The average Bonchev–Trinajstić information content (AvgIpc) is 2.97. The van der Waals surface area contributed by atoms with Gasteiger partial charge in [-0.05, 0) is 49.9 Å². The van der Waals surface area contributed by atoms with Gasteiger partial charge in [-0.1, -0.05) is 12.1 Å². The van der Waals surface area contributed by atoms with Gasteiger partial charge in [0.25, 0.3) is 0 Å². The Kier molecular flexibility index (Phi) is 2.82. The summed E-state index contributed by atoms with van der Waals surface area (Å²) in [6.07, 6.45) is 2.70. The maximum absolute atomic E-state index is 12.9. The average molecular weight is 193 g/mol. The van der Waals surface area contributed by atoms with Gasteiger partial charge in [0.1, 0.15) is 5.82 Å². The molecule has 1 fully saturated rings. The van der Waals surface area contributed by atoms with E-state index in [9.17, 15) is 4.39 Å². The maximum Gasteiger partial charge on any atom is 0.123 e. The molecule has 0 heterocycles. The van der Waals surface area contributed by atoms with Gasteiger partial charge in [-0.2, -0.15) is 0 Å². The van der Waals surface area contributed by atoms with Crippen molar-refractivity contribution in [3.05, 3.63) is 35.6 Å². The monoisotopic (exact) mass is 193 g/mol.